The molecule has 138 valence electrons. The van der Waals surface area contributed by atoms with Crippen LogP contribution in [0.3, 0.4) is 0 Å². The minimum atomic E-state index is -1.02. The van der Waals surface area contributed by atoms with Gasteiger partial charge in [-0.1, -0.05) is 18.2 Å². The third-order valence-electron chi connectivity index (χ3n) is 4.22. The van der Waals surface area contributed by atoms with Crippen LogP contribution in [0.4, 0.5) is 10.6 Å². The Hall–Kier alpha value is -2.87. The quantitative estimate of drug-likeness (QED) is 0.645. The molecule has 3 rings (SSSR count). The number of nitrogens with two attached hydrogens (primary N) is 1. The van der Waals surface area contributed by atoms with Crippen molar-refractivity contribution in [2.45, 2.75) is 39.5 Å². The van der Waals surface area contributed by atoms with Crippen molar-refractivity contribution >= 4 is 33.8 Å². The lowest BCUT2D eigenvalue weighted by atomic mass is 10.1. The molecule has 0 bridgehead atoms. The number of pyridine rings is 1. The predicted molar refractivity (Wildman–Crippen MR) is 99.9 cm³/mol. The highest BCUT2D eigenvalue weighted by Gasteiger charge is 2.24. The third kappa shape index (κ3) is 3.28. The fraction of sp³-hybridized carbons (Fsp3) is 0.389. The van der Waals surface area contributed by atoms with Gasteiger partial charge in [-0.3, -0.25) is 0 Å². The molecule has 8 nitrogen and oxygen atoms in total. The van der Waals surface area contributed by atoms with Gasteiger partial charge in [-0.2, -0.15) is 0 Å². The molecule has 0 unspecified atom stereocenters. The number of fused-ring (bicyclic) bond motifs is 3. The number of amides is 1. The van der Waals surface area contributed by atoms with Crippen molar-refractivity contribution in [3.63, 3.8) is 0 Å². The molecule has 26 heavy (non-hydrogen) atoms. The average molecular weight is 357 g/mol. The largest absolute Gasteiger partial charge is 0.465 e. The monoisotopic (exact) mass is 357 g/mol. The Morgan fingerprint density at radius 3 is 2.62 bits per heavy atom. The molecule has 0 atom stereocenters. The Morgan fingerprint density at radius 1 is 1.31 bits per heavy atom. The first-order chi connectivity index (χ1) is 12.2. The van der Waals surface area contributed by atoms with Crippen molar-refractivity contribution in [2.75, 3.05) is 12.3 Å². The molecule has 8 heteroatoms. The van der Waals surface area contributed by atoms with Gasteiger partial charge in [0, 0.05) is 11.9 Å². The summed E-state index contributed by atoms with van der Waals surface area (Å²) in [7, 11) is 0. The predicted octanol–water partition coefficient (Wildman–Crippen LogP) is 2.44. The molecule has 0 saturated carbocycles. The van der Waals surface area contributed by atoms with Gasteiger partial charge >= 0.3 is 6.09 Å². The van der Waals surface area contributed by atoms with Gasteiger partial charge in [0.15, 0.2) is 5.82 Å². The van der Waals surface area contributed by atoms with Gasteiger partial charge in [-0.25, -0.2) is 14.8 Å². The van der Waals surface area contributed by atoms with Gasteiger partial charge in [0.2, 0.25) is 0 Å². The minimum Gasteiger partial charge on any atom is -0.465 e. The van der Waals surface area contributed by atoms with Gasteiger partial charge in [-0.15, -0.1) is 0 Å². The van der Waals surface area contributed by atoms with Crippen LogP contribution < -0.4 is 5.73 Å². The fourth-order valence-electron chi connectivity index (χ4n) is 3.07. The van der Waals surface area contributed by atoms with Crippen molar-refractivity contribution in [1.82, 2.24) is 19.4 Å². The summed E-state index contributed by atoms with van der Waals surface area (Å²) in [5.74, 6) is 0.809. The lowest BCUT2D eigenvalue weighted by molar-refractivity contribution is 0.0611. The van der Waals surface area contributed by atoms with Crippen LogP contribution in [0.25, 0.3) is 21.9 Å². The number of hydrogen-bond donors (Lipinski definition) is 3. The van der Waals surface area contributed by atoms with Crippen LogP contribution in [0.1, 0.15) is 26.6 Å². The van der Waals surface area contributed by atoms with Crippen molar-refractivity contribution < 1.29 is 15.0 Å². The van der Waals surface area contributed by atoms with E-state index in [1.807, 2.05) is 28.8 Å². The Kier molecular flexibility index (Phi) is 4.45. The van der Waals surface area contributed by atoms with Gasteiger partial charge < -0.3 is 25.4 Å². The number of para-hydroxylation sites is 1. The van der Waals surface area contributed by atoms with Gasteiger partial charge in [-0.05, 0) is 26.8 Å². The summed E-state index contributed by atoms with van der Waals surface area (Å²) in [5.41, 5.74) is 7.10. The zero-order valence-electron chi connectivity index (χ0n) is 15.1. The zero-order valence-corrected chi connectivity index (χ0v) is 15.1. The number of aliphatic hydroxyl groups is 1. The van der Waals surface area contributed by atoms with Crippen LogP contribution in [-0.4, -0.2) is 47.9 Å². The molecular formula is C18H23N5O3. The molecule has 1 aromatic carbocycles. The van der Waals surface area contributed by atoms with E-state index in [9.17, 15) is 15.0 Å². The van der Waals surface area contributed by atoms with E-state index in [4.69, 9.17) is 5.73 Å². The number of rotatable bonds is 5. The lowest BCUT2D eigenvalue weighted by Gasteiger charge is -2.22. The lowest BCUT2D eigenvalue weighted by Crippen LogP contribution is -2.32. The topological polar surface area (TPSA) is 118 Å². The molecule has 3 aromatic rings. The molecule has 1 amide bonds. The maximum Gasteiger partial charge on any atom is 0.407 e. The first-order valence-corrected chi connectivity index (χ1v) is 8.45. The van der Waals surface area contributed by atoms with Crippen LogP contribution in [0.15, 0.2) is 24.3 Å². The standard InChI is InChI=1S/C18H23N5O3/c1-4-22(17(24)25)9-13-21-14-15(23(13)10-18(2,3)26)11-7-5-6-8-12(11)20-16(14)19/h5-8,26H,4,9-10H2,1-3H3,(H2,19,20)(H,24,25). The van der Waals surface area contributed by atoms with Crippen LogP contribution in [0, 0.1) is 0 Å². The number of carbonyl (C=O) groups is 1. The smallest absolute Gasteiger partial charge is 0.407 e. The Labute approximate surface area is 150 Å². The summed E-state index contributed by atoms with van der Waals surface area (Å²) < 4.78 is 1.85. The van der Waals surface area contributed by atoms with Gasteiger partial charge in [0.1, 0.15) is 11.3 Å². The van der Waals surface area contributed by atoms with Crippen molar-refractivity contribution in [3.05, 3.63) is 30.1 Å². The van der Waals surface area contributed by atoms with E-state index >= 15 is 0 Å². The number of anilines is 1. The molecule has 0 aliphatic heterocycles. The molecule has 0 radical (unpaired) electrons. The first kappa shape index (κ1) is 17.9. The number of aromatic nitrogens is 3. The number of nitrogen functional groups attached to an aromatic ring is 1. The summed E-state index contributed by atoms with van der Waals surface area (Å²) in [4.78, 5) is 21.7. The van der Waals surface area contributed by atoms with E-state index in [2.05, 4.69) is 9.97 Å². The van der Waals surface area contributed by atoms with E-state index in [1.54, 1.807) is 20.8 Å². The number of hydrogen-bond acceptors (Lipinski definition) is 5. The van der Waals surface area contributed by atoms with Gasteiger partial charge in [0.05, 0.1) is 29.7 Å². The molecule has 2 aromatic heterocycles. The second-order valence-electron chi connectivity index (χ2n) is 6.93. The Bertz CT molecular complexity index is 974. The second-order valence-corrected chi connectivity index (χ2v) is 6.93. The maximum absolute atomic E-state index is 11.4. The number of imidazole rings is 1. The van der Waals surface area contributed by atoms with Crippen molar-refractivity contribution in [3.8, 4) is 0 Å². The molecule has 0 fully saturated rings. The van der Waals surface area contributed by atoms with Crippen molar-refractivity contribution in [1.29, 1.82) is 0 Å². The van der Waals surface area contributed by atoms with Crippen LogP contribution in [0.5, 0.6) is 0 Å². The summed E-state index contributed by atoms with van der Waals surface area (Å²) in [6, 6.07) is 7.56. The molecule has 0 spiro atoms. The molecule has 2 heterocycles. The van der Waals surface area contributed by atoms with Crippen LogP contribution >= 0.6 is 0 Å². The summed E-state index contributed by atoms with van der Waals surface area (Å²) in [6.45, 7) is 5.85. The molecule has 0 saturated heterocycles. The Balaban J connectivity index is 2.30. The Morgan fingerprint density at radius 2 is 2.00 bits per heavy atom. The molecular weight excluding hydrogens is 334 g/mol. The highest BCUT2D eigenvalue weighted by molar-refractivity contribution is 6.06. The third-order valence-corrected chi connectivity index (χ3v) is 4.22. The van der Waals surface area contributed by atoms with E-state index in [0.717, 1.165) is 16.4 Å². The van der Waals surface area contributed by atoms with E-state index in [0.29, 0.717) is 17.9 Å². The summed E-state index contributed by atoms with van der Waals surface area (Å²) in [5, 5.41) is 20.6. The normalized spacial score (nSPS) is 12.0. The first-order valence-electron chi connectivity index (χ1n) is 8.45. The molecule has 4 N–H and O–H groups in total. The highest BCUT2D eigenvalue weighted by atomic mass is 16.4. The van der Waals surface area contributed by atoms with Crippen LogP contribution in [0.2, 0.25) is 0 Å². The van der Waals surface area contributed by atoms with E-state index in [-0.39, 0.29) is 18.9 Å². The highest BCUT2D eigenvalue weighted by Crippen LogP contribution is 2.30. The SMILES string of the molecule is CCN(Cc1nc2c(N)nc3ccccc3c2n1CC(C)(C)O)C(=O)O. The summed E-state index contributed by atoms with van der Waals surface area (Å²) >= 11 is 0. The van der Waals surface area contributed by atoms with Gasteiger partial charge in [0.25, 0.3) is 0 Å². The zero-order chi connectivity index (χ0) is 19.1. The van der Waals surface area contributed by atoms with E-state index in [1.165, 1.54) is 4.90 Å². The number of carboxylic acid groups (broad SMARTS) is 1. The second kappa shape index (κ2) is 6.45. The molecule has 0 aliphatic rings. The fourth-order valence-corrected chi connectivity index (χ4v) is 3.07. The average Bonchev–Trinajstić information content (AvgIpc) is 2.90. The minimum absolute atomic E-state index is 0.102. The van der Waals surface area contributed by atoms with Crippen molar-refractivity contribution in [2.24, 2.45) is 0 Å². The van der Waals surface area contributed by atoms with E-state index < -0.39 is 11.7 Å². The molecule has 0 aliphatic carbocycles. The summed E-state index contributed by atoms with van der Waals surface area (Å²) in [6.07, 6.45) is -1.02. The maximum atomic E-state index is 11.4. The number of nitrogens with zero attached hydrogens (tertiary/aromatic N) is 4. The van der Waals surface area contributed by atoms with Crippen LogP contribution in [-0.2, 0) is 13.1 Å². The number of benzene rings is 1.